The van der Waals surface area contributed by atoms with Gasteiger partial charge in [0.2, 0.25) is 17.7 Å². The fourth-order valence-corrected chi connectivity index (χ4v) is 4.93. The second-order valence-corrected chi connectivity index (χ2v) is 9.16. The average molecular weight is 501 g/mol. The molecule has 0 radical (unpaired) electrons. The van der Waals surface area contributed by atoms with Crippen LogP contribution in [0.3, 0.4) is 0 Å². The number of hydrogen-bond acceptors (Lipinski definition) is 5. The number of nitrogens with two attached hydrogens (primary N) is 1. The molecule has 1 aliphatic carbocycles. The molecule has 0 spiro atoms. The van der Waals surface area contributed by atoms with Crippen LogP contribution < -0.4 is 15.8 Å². The van der Waals surface area contributed by atoms with Crippen molar-refractivity contribution in [1.82, 2.24) is 10.2 Å². The molecule has 36 heavy (non-hydrogen) atoms. The van der Waals surface area contributed by atoms with Crippen LogP contribution in [0.5, 0.6) is 5.75 Å². The summed E-state index contributed by atoms with van der Waals surface area (Å²) in [7, 11) is 0. The van der Waals surface area contributed by atoms with Crippen LogP contribution in [0.2, 0.25) is 0 Å². The van der Waals surface area contributed by atoms with Gasteiger partial charge in [-0.2, -0.15) is 13.2 Å². The largest absolute Gasteiger partial charge is 0.490 e. The van der Waals surface area contributed by atoms with E-state index >= 15 is 0 Å². The van der Waals surface area contributed by atoms with E-state index in [2.05, 4.69) is 5.32 Å². The van der Waals surface area contributed by atoms with E-state index < -0.39 is 47.8 Å². The van der Waals surface area contributed by atoms with Crippen LogP contribution in [-0.2, 0) is 9.59 Å². The number of primary amides is 1. The van der Waals surface area contributed by atoms with Crippen LogP contribution >= 0.6 is 0 Å². The molecule has 11 heteroatoms. The molecule has 2 fully saturated rings. The van der Waals surface area contributed by atoms with E-state index in [1.807, 2.05) is 0 Å². The van der Waals surface area contributed by atoms with Gasteiger partial charge in [0, 0.05) is 23.1 Å². The summed E-state index contributed by atoms with van der Waals surface area (Å²) in [5.74, 6) is -5.33. The van der Waals surface area contributed by atoms with Gasteiger partial charge in [0.15, 0.2) is 0 Å². The lowest BCUT2D eigenvalue weighted by atomic mass is 9.84. The van der Waals surface area contributed by atoms with E-state index in [1.165, 1.54) is 36.4 Å². The lowest BCUT2D eigenvalue weighted by molar-refractivity contribution is -0.167. The summed E-state index contributed by atoms with van der Waals surface area (Å²) < 4.78 is 50.6. The number of carbonyl (C=O) groups excluding carboxylic acids is 4. The standard InChI is InChI=1S/C25H22F3N3O5/c26-25(27,28)20(15-3-1-2-4-18(15)36-13-6-7-13)21-16-11-12(22(29)33)5-8-14(16)24(35)31(21)17-9-10-19(32)30-23(17)34/h1-5,8,11,13,17,20-21H,6-7,9-10H2,(H2,29,33)(H,30,32,34)/t17?,20-,21?/m1/s1. The Morgan fingerprint density at radius 3 is 2.44 bits per heavy atom. The molecule has 1 saturated heterocycles. The zero-order valence-electron chi connectivity index (χ0n) is 18.9. The van der Waals surface area contributed by atoms with Gasteiger partial charge in [-0.25, -0.2) is 0 Å². The van der Waals surface area contributed by atoms with Crippen molar-refractivity contribution in [3.8, 4) is 5.75 Å². The third-order valence-electron chi connectivity index (χ3n) is 6.71. The fraction of sp³-hybridized carbons (Fsp3) is 0.360. The molecule has 0 aromatic heterocycles. The van der Waals surface area contributed by atoms with E-state index in [4.69, 9.17) is 10.5 Å². The van der Waals surface area contributed by atoms with Gasteiger partial charge in [-0.15, -0.1) is 0 Å². The zero-order valence-corrected chi connectivity index (χ0v) is 18.9. The lowest BCUT2D eigenvalue weighted by Crippen LogP contribution is -2.54. The van der Waals surface area contributed by atoms with Gasteiger partial charge in [0.1, 0.15) is 17.7 Å². The number of ether oxygens (including phenoxy) is 1. The number of halogens is 3. The third-order valence-corrected chi connectivity index (χ3v) is 6.71. The second kappa shape index (κ2) is 8.65. The van der Waals surface area contributed by atoms with Crippen molar-refractivity contribution in [2.45, 2.75) is 56.0 Å². The van der Waals surface area contributed by atoms with Gasteiger partial charge >= 0.3 is 6.18 Å². The smallest absolute Gasteiger partial charge is 0.398 e. The first kappa shape index (κ1) is 23.8. The summed E-state index contributed by atoms with van der Waals surface area (Å²) in [5.41, 5.74) is 4.99. The summed E-state index contributed by atoms with van der Waals surface area (Å²) in [6, 6.07) is 6.42. The zero-order chi connectivity index (χ0) is 25.8. The second-order valence-electron chi connectivity index (χ2n) is 9.16. The fourth-order valence-electron chi connectivity index (χ4n) is 4.93. The van der Waals surface area contributed by atoms with Crippen LogP contribution in [0.25, 0.3) is 0 Å². The molecule has 8 nitrogen and oxygen atoms in total. The Kier molecular flexibility index (Phi) is 5.73. The van der Waals surface area contributed by atoms with Gasteiger partial charge in [-0.3, -0.25) is 24.5 Å². The van der Waals surface area contributed by atoms with Gasteiger partial charge in [0.25, 0.3) is 5.91 Å². The molecule has 2 aromatic carbocycles. The SMILES string of the molecule is NC(=O)c1ccc2c(c1)C([C@@H](c1ccccc1OC1CC1)C(F)(F)F)N(C1CCC(=O)NC1=O)C2=O. The highest BCUT2D eigenvalue weighted by Crippen LogP contribution is 2.54. The number of benzene rings is 2. The normalized spacial score (nSPS) is 22.8. The number of hydrogen-bond donors (Lipinski definition) is 2. The minimum atomic E-state index is -4.88. The van der Waals surface area contributed by atoms with E-state index in [0.717, 1.165) is 17.7 Å². The Morgan fingerprint density at radius 1 is 1.08 bits per heavy atom. The molecule has 3 aliphatic rings. The van der Waals surface area contributed by atoms with Crippen LogP contribution in [-0.4, -0.2) is 46.9 Å². The predicted octanol–water partition coefficient (Wildman–Crippen LogP) is 2.97. The van der Waals surface area contributed by atoms with Crippen molar-refractivity contribution in [1.29, 1.82) is 0 Å². The van der Waals surface area contributed by atoms with Crippen molar-refractivity contribution >= 4 is 23.6 Å². The monoisotopic (exact) mass is 501 g/mol. The van der Waals surface area contributed by atoms with Crippen molar-refractivity contribution in [2.24, 2.45) is 5.73 Å². The quantitative estimate of drug-likeness (QED) is 0.590. The molecule has 2 heterocycles. The number of imide groups is 1. The number of fused-ring (bicyclic) bond motifs is 1. The molecular weight excluding hydrogens is 479 g/mol. The average Bonchev–Trinajstić information content (AvgIpc) is 3.58. The minimum absolute atomic E-state index is 0.0394. The maximum absolute atomic E-state index is 14.9. The Balaban J connectivity index is 1.70. The highest BCUT2D eigenvalue weighted by Gasteiger charge is 2.56. The Labute approximate surface area is 203 Å². The van der Waals surface area contributed by atoms with Gasteiger partial charge in [-0.1, -0.05) is 18.2 Å². The number of nitrogens with zero attached hydrogens (tertiary/aromatic N) is 1. The van der Waals surface area contributed by atoms with Gasteiger partial charge in [0.05, 0.1) is 12.1 Å². The highest BCUT2D eigenvalue weighted by atomic mass is 19.4. The Bertz CT molecular complexity index is 1270. The van der Waals surface area contributed by atoms with E-state index in [-0.39, 0.29) is 46.9 Å². The molecular formula is C25H22F3N3O5. The summed E-state index contributed by atoms with van der Waals surface area (Å²) in [4.78, 5) is 50.7. The van der Waals surface area contributed by atoms with Crippen LogP contribution in [0.1, 0.15) is 69.5 Å². The van der Waals surface area contributed by atoms with Crippen LogP contribution in [0.4, 0.5) is 13.2 Å². The first-order valence-electron chi connectivity index (χ1n) is 11.5. The predicted molar refractivity (Wildman–Crippen MR) is 119 cm³/mol. The molecule has 2 aromatic rings. The van der Waals surface area contributed by atoms with Crippen LogP contribution in [0.15, 0.2) is 42.5 Å². The molecule has 4 amide bonds. The number of para-hydroxylation sites is 1. The van der Waals surface area contributed by atoms with Crippen LogP contribution in [0, 0.1) is 0 Å². The minimum Gasteiger partial charge on any atom is -0.490 e. The molecule has 0 bridgehead atoms. The van der Waals surface area contributed by atoms with Crippen molar-refractivity contribution in [3.63, 3.8) is 0 Å². The molecule has 5 rings (SSSR count). The number of amides is 4. The molecule has 2 unspecified atom stereocenters. The summed E-state index contributed by atoms with van der Waals surface area (Å²) in [6.07, 6.45) is -3.88. The van der Waals surface area contributed by atoms with Crippen molar-refractivity contribution in [2.75, 3.05) is 0 Å². The van der Waals surface area contributed by atoms with Crippen molar-refractivity contribution < 1.29 is 37.1 Å². The molecule has 3 atom stereocenters. The van der Waals surface area contributed by atoms with E-state index in [9.17, 15) is 32.3 Å². The Morgan fingerprint density at radius 2 is 1.81 bits per heavy atom. The maximum Gasteiger partial charge on any atom is 0.398 e. The van der Waals surface area contributed by atoms with E-state index in [0.29, 0.717) is 0 Å². The molecule has 2 aliphatic heterocycles. The third kappa shape index (κ3) is 4.18. The number of piperidine rings is 1. The van der Waals surface area contributed by atoms with Gasteiger partial charge < -0.3 is 15.4 Å². The topological polar surface area (TPSA) is 119 Å². The van der Waals surface area contributed by atoms with Crippen molar-refractivity contribution in [3.05, 3.63) is 64.7 Å². The number of rotatable bonds is 6. The highest BCUT2D eigenvalue weighted by molar-refractivity contribution is 6.06. The lowest BCUT2D eigenvalue weighted by Gasteiger charge is -2.39. The summed E-state index contributed by atoms with van der Waals surface area (Å²) >= 11 is 0. The first-order valence-corrected chi connectivity index (χ1v) is 11.5. The number of nitrogens with one attached hydrogen (secondary N) is 1. The first-order chi connectivity index (χ1) is 17.1. The molecule has 3 N–H and O–H groups in total. The number of alkyl halides is 3. The summed E-state index contributed by atoms with van der Waals surface area (Å²) in [5, 5.41) is 2.12. The van der Waals surface area contributed by atoms with E-state index in [1.54, 1.807) is 6.07 Å². The Hall–Kier alpha value is -3.89. The molecule has 1 saturated carbocycles. The number of carbonyl (C=O) groups is 4. The summed E-state index contributed by atoms with van der Waals surface area (Å²) in [6.45, 7) is 0. The maximum atomic E-state index is 14.9. The van der Waals surface area contributed by atoms with Gasteiger partial charge in [-0.05, 0) is 49.1 Å². The molecule has 188 valence electrons.